The maximum atomic E-state index is 5.55. The van der Waals surface area contributed by atoms with Crippen LogP contribution in [0.5, 0.6) is 5.75 Å². The van der Waals surface area contributed by atoms with E-state index in [9.17, 15) is 0 Å². The van der Waals surface area contributed by atoms with Crippen LogP contribution in [-0.2, 0) is 4.74 Å². The van der Waals surface area contributed by atoms with Gasteiger partial charge in [-0.1, -0.05) is 0 Å². The summed E-state index contributed by atoms with van der Waals surface area (Å²) in [5.41, 5.74) is 2.44. The van der Waals surface area contributed by atoms with Crippen LogP contribution in [0.25, 0.3) is 0 Å². The lowest BCUT2D eigenvalue weighted by molar-refractivity contribution is 0.146. The van der Waals surface area contributed by atoms with Crippen molar-refractivity contribution in [1.29, 1.82) is 0 Å². The fourth-order valence-corrected chi connectivity index (χ4v) is 2.97. The maximum Gasteiger partial charge on any atom is 0.119 e. The van der Waals surface area contributed by atoms with Crippen LogP contribution in [0, 0.1) is 6.92 Å². The van der Waals surface area contributed by atoms with Crippen molar-refractivity contribution in [2.45, 2.75) is 19.9 Å². The van der Waals surface area contributed by atoms with Gasteiger partial charge in [-0.25, -0.2) is 0 Å². The number of ether oxygens (including phenoxy) is 2. The average Bonchev–Trinajstić information content (AvgIpc) is 2.87. The number of hydrogen-bond donors (Lipinski definition) is 1. The van der Waals surface area contributed by atoms with E-state index < -0.39 is 0 Å². The Morgan fingerprint density at radius 1 is 1.15 bits per heavy atom. The predicted octanol–water partition coefficient (Wildman–Crippen LogP) is 4.25. The van der Waals surface area contributed by atoms with Crippen molar-refractivity contribution < 1.29 is 9.47 Å². The van der Waals surface area contributed by atoms with E-state index in [-0.39, 0.29) is 0 Å². The first-order chi connectivity index (χ1) is 9.70. The molecule has 0 bridgehead atoms. The van der Waals surface area contributed by atoms with Gasteiger partial charge in [0.15, 0.2) is 0 Å². The lowest BCUT2D eigenvalue weighted by Gasteiger charge is -2.15. The molecule has 20 heavy (non-hydrogen) atoms. The van der Waals surface area contributed by atoms with Gasteiger partial charge >= 0.3 is 0 Å². The third kappa shape index (κ3) is 3.99. The highest BCUT2D eigenvalue weighted by molar-refractivity contribution is 7.10. The first-order valence-electron chi connectivity index (χ1n) is 6.73. The number of anilines is 1. The minimum absolute atomic E-state index is 0.315. The van der Waals surface area contributed by atoms with Gasteiger partial charge < -0.3 is 14.8 Å². The summed E-state index contributed by atoms with van der Waals surface area (Å²) >= 11 is 1.79. The van der Waals surface area contributed by atoms with Crippen molar-refractivity contribution in [2.24, 2.45) is 0 Å². The number of methoxy groups -OCH3 is 1. The first-order valence-corrected chi connectivity index (χ1v) is 7.61. The smallest absolute Gasteiger partial charge is 0.119 e. The second kappa shape index (κ2) is 7.31. The summed E-state index contributed by atoms with van der Waals surface area (Å²) in [6.45, 7) is 5.52. The van der Waals surface area contributed by atoms with E-state index in [0.29, 0.717) is 19.3 Å². The van der Waals surface area contributed by atoms with E-state index in [0.717, 1.165) is 11.4 Å². The zero-order chi connectivity index (χ0) is 14.4. The molecule has 1 aromatic heterocycles. The van der Waals surface area contributed by atoms with Gasteiger partial charge in [0.05, 0.1) is 12.6 Å². The van der Waals surface area contributed by atoms with Crippen LogP contribution < -0.4 is 10.1 Å². The second-order valence-corrected chi connectivity index (χ2v) is 5.65. The number of rotatable bonds is 7. The monoisotopic (exact) mass is 291 g/mol. The molecule has 4 heteroatoms. The molecule has 0 spiro atoms. The van der Waals surface area contributed by atoms with Crippen molar-refractivity contribution >= 4 is 17.0 Å². The normalized spacial score (nSPS) is 12.2. The molecule has 0 amide bonds. The van der Waals surface area contributed by atoms with Gasteiger partial charge in [0.1, 0.15) is 12.4 Å². The molecule has 1 atom stereocenters. The number of thiophene rings is 1. The van der Waals surface area contributed by atoms with Crippen LogP contribution in [-0.4, -0.2) is 20.3 Å². The second-order valence-electron chi connectivity index (χ2n) is 4.70. The highest BCUT2D eigenvalue weighted by atomic mass is 32.1. The molecule has 0 aliphatic carbocycles. The third-order valence-corrected chi connectivity index (χ3v) is 4.29. The third-order valence-electron chi connectivity index (χ3n) is 3.09. The number of nitrogens with one attached hydrogen (secondary N) is 1. The summed E-state index contributed by atoms with van der Waals surface area (Å²) in [7, 11) is 1.67. The molecule has 2 rings (SSSR count). The van der Waals surface area contributed by atoms with Gasteiger partial charge in [-0.05, 0) is 55.1 Å². The molecular weight excluding hydrogens is 270 g/mol. The highest BCUT2D eigenvalue weighted by Gasteiger charge is 2.09. The van der Waals surface area contributed by atoms with Gasteiger partial charge in [0.2, 0.25) is 0 Å². The Hall–Kier alpha value is -1.52. The number of benzene rings is 1. The Morgan fingerprint density at radius 2 is 1.90 bits per heavy atom. The largest absolute Gasteiger partial charge is 0.491 e. The first kappa shape index (κ1) is 14.9. The molecule has 0 aliphatic heterocycles. The van der Waals surface area contributed by atoms with Crippen LogP contribution in [0.4, 0.5) is 5.69 Å². The minimum atomic E-state index is 0.315. The van der Waals surface area contributed by atoms with E-state index in [1.165, 1.54) is 10.4 Å². The van der Waals surface area contributed by atoms with Crippen molar-refractivity contribution in [1.82, 2.24) is 0 Å². The van der Waals surface area contributed by atoms with Gasteiger partial charge in [0, 0.05) is 17.7 Å². The molecule has 0 fully saturated rings. The van der Waals surface area contributed by atoms with Gasteiger partial charge in [0.25, 0.3) is 0 Å². The van der Waals surface area contributed by atoms with Crippen LogP contribution in [0.1, 0.15) is 23.4 Å². The number of aryl methyl sites for hydroxylation is 1. The molecule has 0 saturated heterocycles. The Balaban J connectivity index is 1.92. The summed E-state index contributed by atoms with van der Waals surface area (Å²) in [6.07, 6.45) is 0. The zero-order valence-corrected chi connectivity index (χ0v) is 13.0. The predicted molar refractivity (Wildman–Crippen MR) is 84.9 cm³/mol. The average molecular weight is 291 g/mol. The van der Waals surface area contributed by atoms with Crippen molar-refractivity contribution in [3.63, 3.8) is 0 Å². The van der Waals surface area contributed by atoms with Crippen molar-refractivity contribution in [3.8, 4) is 5.75 Å². The van der Waals surface area contributed by atoms with Crippen LogP contribution in [0.3, 0.4) is 0 Å². The van der Waals surface area contributed by atoms with Crippen molar-refractivity contribution in [2.75, 3.05) is 25.6 Å². The molecule has 3 nitrogen and oxygen atoms in total. The Labute approximate surface area is 124 Å². The fraction of sp³-hybridized carbons (Fsp3) is 0.375. The fourth-order valence-electron chi connectivity index (χ4n) is 2.03. The summed E-state index contributed by atoms with van der Waals surface area (Å²) in [5.74, 6) is 0.868. The molecule has 1 heterocycles. The molecule has 0 aliphatic rings. The standard InChI is InChI=1S/C16H21NO2S/c1-12-8-11-20-16(12)13(2)17-14-4-6-15(7-5-14)19-10-9-18-3/h4-8,11,13,17H,9-10H2,1-3H3. The van der Waals surface area contributed by atoms with E-state index in [2.05, 4.69) is 30.6 Å². The van der Waals surface area contributed by atoms with Gasteiger partial charge in [-0.3, -0.25) is 0 Å². The lowest BCUT2D eigenvalue weighted by Crippen LogP contribution is -2.06. The molecular formula is C16H21NO2S. The zero-order valence-electron chi connectivity index (χ0n) is 12.2. The van der Waals surface area contributed by atoms with Crippen LogP contribution >= 0.6 is 11.3 Å². The molecule has 0 saturated carbocycles. The molecule has 1 N–H and O–H groups in total. The van der Waals surface area contributed by atoms with Gasteiger partial charge in [-0.15, -0.1) is 11.3 Å². The SMILES string of the molecule is COCCOc1ccc(NC(C)c2sccc2C)cc1. The molecule has 1 aromatic carbocycles. The molecule has 0 radical (unpaired) electrons. The Kier molecular flexibility index (Phi) is 5.44. The molecule has 2 aromatic rings. The Morgan fingerprint density at radius 3 is 2.50 bits per heavy atom. The summed E-state index contributed by atoms with van der Waals surface area (Å²) < 4.78 is 10.5. The van der Waals surface area contributed by atoms with Gasteiger partial charge in [-0.2, -0.15) is 0 Å². The van der Waals surface area contributed by atoms with E-state index in [4.69, 9.17) is 9.47 Å². The molecule has 108 valence electrons. The summed E-state index contributed by atoms with van der Waals surface area (Å²) in [5, 5.41) is 5.64. The van der Waals surface area contributed by atoms with Crippen LogP contribution in [0.2, 0.25) is 0 Å². The number of hydrogen-bond acceptors (Lipinski definition) is 4. The lowest BCUT2D eigenvalue weighted by atomic mass is 10.2. The topological polar surface area (TPSA) is 30.5 Å². The summed E-state index contributed by atoms with van der Waals surface area (Å²) in [4.78, 5) is 1.38. The Bertz CT molecular complexity index is 522. The summed E-state index contributed by atoms with van der Waals surface area (Å²) in [6, 6.07) is 10.5. The minimum Gasteiger partial charge on any atom is -0.491 e. The maximum absolute atomic E-state index is 5.55. The van der Waals surface area contributed by atoms with Crippen molar-refractivity contribution in [3.05, 3.63) is 46.2 Å². The molecule has 1 unspecified atom stereocenters. The quantitative estimate of drug-likeness (QED) is 0.773. The van der Waals surface area contributed by atoms with E-state index in [1.54, 1.807) is 18.4 Å². The highest BCUT2D eigenvalue weighted by Crippen LogP contribution is 2.27. The van der Waals surface area contributed by atoms with E-state index in [1.807, 2.05) is 24.3 Å². The van der Waals surface area contributed by atoms with E-state index >= 15 is 0 Å². The van der Waals surface area contributed by atoms with Crippen LogP contribution in [0.15, 0.2) is 35.7 Å².